The van der Waals surface area contributed by atoms with Gasteiger partial charge < -0.3 is 10.1 Å². The van der Waals surface area contributed by atoms with Gasteiger partial charge in [-0.1, -0.05) is 11.6 Å². The summed E-state index contributed by atoms with van der Waals surface area (Å²) in [5.41, 5.74) is 0.799. The lowest BCUT2D eigenvalue weighted by Crippen LogP contribution is -2.12. The first-order chi connectivity index (χ1) is 7.63. The Morgan fingerprint density at radius 1 is 1.56 bits per heavy atom. The van der Waals surface area contributed by atoms with Crippen molar-refractivity contribution in [2.24, 2.45) is 0 Å². The Morgan fingerprint density at radius 2 is 2.31 bits per heavy atom. The number of benzene rings is 1. The fraction of sp³-hybridized carbons (Fsp3) is 0.364. The molecule has 3 nitrogen and oxygen atoms in total. The van der Waals surface area contributed by atoms with E-state index >= 15 is 0 Å². The second-order valence-electron chi connectivity index (χ2n) is 3.27. The summed E-state index contributed by atoms with van der Waals surface area (Å²) in [5, 5.41) is 3.50. The van der Waals surface area contributed by atoms with Crippen molar-refractivity contribution < 1.29 is 9.53 Å². The Hall–Kier alpha value is -0.330. The lowest BCUT2D eigenvalue weighted by atomic mass is 10.2. The lowest BCUT2D eigenvalue weighted by Gasteiger charge is -2.07. The molecule has 88 valence electrons. The third kappa shape index (κ3) is 4.67. The molecule has 5 heteroatoms. The van der Waals surface area contributed by atoms with Crippen molar-refractivity contribution in [2.75, 3.05) is 19.0 Å². The number of ether oxygens (including phenoxy) is 1. The number of amides is 1. The molecule has 16 heavy (non-hydrogen) atoms. The monoisotopic (exact) mass is 353 g/mol. The summed E-state index contributed by atoms with van der Waals surface area (Å²) in [7, 11) is 1.63. The van der Waals surface area contributed by atoms with E-state index in [-0.39, 0.29) is 5.91 Å². The molecule has 0 radical (unpaired) electrons. The Labute approximate surface area is 114 Å². The summed E-state index contributed by atoms with van der Waals surface area (Å²) in [6, 6.07) is 5.37. The topological polar surface area (TPSA) is 38.3 Å². The summed E-state index contributed by atoms with van der Waals surface area (Å²) in [4.78, 5) is 11.5. The molecule has 0 aliphatic carbocycles. The van der Waals surface area contributed by atoms with Crippen molar-refractivity contribution in [3.8, 4) is 0 Å². The third-order valence-electron chi connectivity index (χ3n) is 1.96. The predicted molar refractivity (Wildman–Crippen MR) is 73.9 cm³/mol. The van der Waals surface area contributed by atoms with E-state index in [1.165, 1.54) is 0 Å². The zero-order valence-electron chi connectivity index (χ0n) is 8.93. The van der Waals surface area contributed by atoms with Crippen LogP contribution in [-0.2, 0) is 9.53 Å². The molecule has 0 aromatic heterocycles. The molecule has 0 saturated heterocycles. The average Bonchev–Trinajstić information content (AvgIpc) is 2.23. The Bertz CT molecular complexity index is 371. The maximum absolute atomic E-state index is 11.5. The molecule has 0 spiro atoms. The number of nitrogens with one attached hydrogen (secondary N) is 1. The van der Waals surface area contributed by atoms with Gasteiger partial charge >= 0.3 is 0 Å². The number of anilines is 1. The molecule has 0 fully saturated rings. The quantitative estimate of drug-likeness (QED) is 0.651. The molecule has 1 rings (SSSR count). The fourth-order valence-corrected chi connectivity index (χ4v) is 2.19. The first-order valence-corrected chi connectivity index (χ1v) is 6.33. The van der Waals surface area contributed by atoms with Gasteiger partial charge in [0, 0.05) is 28.7 Å². The minimum atomic E-state index is -0.00251. The molecule has 0 heterocycles. The van der Waals surface area contributed by atoms with Crippen molar-refractivity contribution in [3.63, 3.8) is 0 Å². The van der Waals surface area contributed by atoms with Crippen LogP contribution in [0.2, 0.25) is 5.02 Å². The molecule has 0 bridgehead atoms. The molecule has 1 aromatic carbocycles. The van der Waals surface area contributed by atoms with Gasteiger partial charge in [-0.3, -0.25) is 4.79 Å². The van der Waals surface area contributed by atoms with E-state index in [4.69, 9.17) is 16.3 Å². The minimum absolute atomic E-state index is 0.00251. The maximum Gasteiger partial charge on any atom is 0.224 e. The SMILES string of the molecule is COCCCC(=O)Nc1ccc(Cl)cc1I. The van der Waals surface area contributed by atoms with Crippen molar-refractivity contribution in [3.05, 3.63) is 26.8 Å². The van der Waals surface area contributed by atoms with Gasteiger partial charge in [-0.25, -0.2) is 0 Å². The molecule has 0 unspecified atom stereocenters. The first-order valence-electron chi connectivity index (χ1n) is 4.87. The van der Waals surface area contributed by atoms with E-state index in [9.17, 15) is 4.79 Å². The highest BCUT2D eigenvalue weighted by molar-refractivity contribution is 14.1. The van der Waals surface area contributed by atoms with E-state index in [1.54, 1.807) is 19.2 Å². The number of hydrogen-bond acceptors (Lipinski definition) is 2. The van der Waals surface area contributed by atoms with Crippen LogP contribution in [0.15, 0.2) is 18.2 Å². The fourth-order valence-electron chi connectivity index (χ4n) is 1.18. The standard InChI is InChI=1S/C11H13ClINO2/c1-16-6-2-3-11(15)14-10-5-4-8(12)7-9(10)13/h4-5,7H,2-3,6H2,1H3,(H,14,15). The van der Waals surface area contributed by atoms with E-state index in [0.29, 0.717) is 18.1 Å². The van der Waals surface area contributed by atoms with Gasteiger partial charge in [-0.05, 0) is 47.2 Å². The van der Waals surface area contributed by atoms with Crippen LogP contribution in [0.4, 0.5) is 5.69 Å². The molecule has 0 atom stereocenters. The van der Waals surface area contributed by atoms with Gasteiger partial charge in [0.25, 0.3) is 0 Å². The Kier molecular flexibility index (Phi) is 6.08. The normalized spacial score (nSPS) is 10.2. The van der Waals surface area contributed by atoms with Gasteiger partial charge in [-0.2, -0.15) is 0 Å². The summed E-state index contributed by atoms with van der Waals surface area (Å²) >= 11 is 7.96. The van der Waals surface area contributed by atoms with Crippen LogP contribution in [0.3, 0.4) is 0 Å². The summed E-state index contributed by atoms with van der Waals surface area (Å²) in [5.74, 6) is -0.00251. The molecule has 0 aliphatic rings. The van der Waals surface area contributed by atoms with Gasteiger partial charge in [-0.15, -0.1) is 0 Å². The molecular formula is C11H13ClINO2. The predicted octanol–water partition coefficient (Wildman–Crippen LogP) is 3.31. The Morgan fingerprint density at radius 3 is 2.94 bits per heavy atom. The number of halogens is 2. The van der Waals surface area contributed by atoms with Crippen molar-refractivity contribution in [1.29, 1.82) is 0 Å². The van der Waals surface area contributed by atoms with E-state index in [2.05, 4.69) is 27.9 Å². The van der Waals surface area contributed by atoms with Crippen molar-refractivity contribution >= 4 is 45.8 Å². The van der Waals surface area contributed by atoms with E-state index in [1.807, 2.05) is 6.07 Å². The van der Waals surface area contributed by atoms with Crippen LogP contribution >= 0.6 is 34.2 Å². The first kappa shape index (κ1) is 13.7. The zero-order chi connectivity index (χ0) is 12.0. The number of carbonyl (C=O) groups excluding carboxylic acids is 1. The summed E-state index contributed by atoms with van der Waals surface area (Å²) in [6.07, 6.45) is 1.19. The van der Waals surface area contributed by atoms with Gasteiger partial charge in [0.2, 0.25) is 5.91 Å². The van der Waals surface area contributed by atoms with E-state index < -0.39 is 0 Å². The van der Waals surface area contributed by atoms with Gasteiger partial charge in [0.05, 0.1) is 5.69 Å². The van der Waals surface area contributed by atoms with Crippen LogP contribution in [0.5, 0.6) is 0 Å². The second-order valence-corrected chi connectivity index (χ2v) is 4.87. The number of methoxy groups -OCH3 is 1. The highest BCUT2D eigenvalue weighted by atomic mass is 127. The lowest BCUT2D eigenvalue weighted by molar-refractivity contribution is -0.116. The van der Waals surface area contributed by atoms with Gasteiger partial charge in [0.15, 0.2) is 0 Å². The van der Waals surface area contributed by atoms with Crippen LogP contribution in [0, 0.1) is 3.57 Å². The molecule has 0 aliphatic heterocycles. The molecule has 1 N–H and O–H groups in total. The zero-order valence-corrected chi connectivity index (χ0v) is 11.8. The number of carbonyl (C=O) groups is 1. The maximum atomic E-state index is 11.5. The second kappa shape index (κ2) is 7.09. The van der Waals surface area contributed by atoms with E-state index in [0.717, 1.165) is 15.7 Å². The molecular weight excluding hydrogens is 340 g/mol. The Balaban J connectivity index is 2.49. The van der Waals surface area contributed by atoms with Crippen LogP contribution in [0.1, 0.15) is 12.8 Å². The third-order valence-corrected chi connectivity index (χ3v) is 3.09. The van der Waals surface area contributed by atoms with Crippen LogP contribution < -0.4 is 5.32 Å². The average molecular weight is 354 g/mol. The minimum Gasteiger partial charge on any atom is -0.385 e. The largest absolute Gasteiger partial charge is 0.385 e. The highest BCUT2D eigenvalue weighted by Crippen LogP contribution is 2.22. The summed E-state index contributed by atoms with van der Waals surface area (Å²) < 4.78 is 5.82. The molecule has 1 amide bonds. The van der Waals surface area contributed by atoms with Crippen molar-refractivity contribution in [2.45, 2.75) is 12.8 Å². The highest BCUT2D eigenvalue weighted by Gasteiger charge is 2.05. The molecule has 1 aromatic rings. The van der Waals surface area contributed by atoms with Gasteiger partial charge in [0.1, 0.15) is 0 Å². The summed E-state index contributed by atoms with van der Waals surface area (Å²) in [6.45, 7) is 0.602. The van der Waals surface area contributed by atoms with Crippen LogP contribution in [0.25, 0.3) is 0 Å². The van der Waals surface area contributed by atoms with Crippen molar-refractivity contribution in [1.82, 2.24) is 0 Å². The molecule has 0 saturated carbocycles. The number of hydrogen-bond donors (Lipinski definition) is 1. The number of rotatable bonds is 5. The smallest absolute Gasteiger partial charge is 0.224 e. The van der Waals surface area contributed by atoms with Crippen LogP contribution in [-0.4, -0.2) is 19.6 Å².